The lowest BCUT2D eigenvalue weighted by molar-refractivity contribution is 0.417. The van der Waals surface area contributed by atoms with Crippen LogP contribution in [0.25, 0.3) is 11.3 Å². The first-order chi connectivity index (χ1) is 9.52. The summed E-state index contributed by atoms with van der Waals surface area (Å²) in [7, 11) is 0. The van der Waals surface area contributed by atoms with Crippen molar-refractivity contribution in [1.82, 2.24) is 20.3 Å². The van der Waals surface area contributed by atoms with E-state index >= 15 is 0 Å². The SMILES string of the molecule is CCn1nc(C)c(-c2cc(CNCC(C)C)no2)c1C. The van der Waals surface area contributed by atoms with Crippen LogP contribution < -0.4 is 5.32 Å². The molecule has 0 fully saturated rings. The molecule has 2 rings (SSSR count). The van der Waals surface area contributed by atoms with E-state index in [9.17, 15) is 0 Å². The van der Waals surface area contributed by atoms with Gasteiger partial charge in [-0.25, -0.2) is 0 Å². The highest BCUT2D eigenvalue weighted by Gasteiger charge is 2.17. The van der Waals surface area contributed by atoms with Gasteiger partial charge in [0, 0.05) is 24.8 Å². The van der Waals surface area contributed by atoms with Gasteiger partial charge in [-0.3, -0.25) is 4.68 Å². The molecule has 2 heterocycles. The molecule has 2 aromatic heterocycles. The Morgan fingerprint density at radius 3 is 2.70 bits per heavy atom. The Morgan fingerprint density at radius 1 is 1.35 bits per heavy atom. The summed E-state index contributed by atoms with van der Waals surface area (Å²) in [6.45, 7) is 13.1. The summed E-state index contributed by atoms with van der Waals surface area (Å²) in [6, 6.07) is 2.00. The summed E-state index contributed by atoms with van der Waals surface area (Å²) in [5, 5.41) is 12.0. The van der Waals surface area contributed by atoms with Gasteiger partial charge in [-0.1, -0.05) is 19.0 Å². The maximum absolute atomic E-state index is 5.48. The molecule has 0 unspecified atom stereocenters. The summed E-state index contributed by atoms with van der Waals surface area (Å²) in [5.74, 6) is 1.44. The van der Waals surface area contributed by atoms with Gasteiger partial charge in [0.05, 0.1) is 17.0 Å². The second kappa shape index (κ2) is 6.22. The lowest BCUT2D eigenvalue weighted by atomic mass is 10.1. The van der Waals surface area contributed by atoms with Gasteiger partial charge in [0.15, 0.2) is 5.76 Å². The smallest absolute Gasteiger partial charge is 0.170 e. The molecular formula is C15H24N4O. The van der Waals surface area contributed by atoms with Crippen molar-refractivity contribution in [1.29, 1.82) is 0 Å². The zero-order chi connectivity index (χ0) is 14.7. The predicted octanol–water partition coefficient (Wildman–Crippen LogP) is 2.92. The molecule has 0 saturated heterocycles. The van der Waals surface area contributed by atoms with E-state index in [1.165, 1.54) is 0 Å². The minimum absolute atomic E-state index is 0.633. The zero-order valence-corrected chi connectivity index (χ0v) is 13.0. The van der Waals surface area contributed by atoms with Gasteiger partial charge in [-0.2, -0.15) is 5.10 Å². The van der Waals surface area contributed by atoms with E-state index in [2.05, 4.69) is 43.3 Å². The van der Waals surface area contributed by atoms with Crippen molar-refractivity contribution in [2.75, 3.05) is 6.54 Å². The molecule has 0 atom stereocenters. The number of hydrogen-bond acceptors (Lipinski definition) is 4. The summed E-state index contributed by atoms with van der Waals surface area (Å²) < 4.78 is 7.47. The van der Waals surface area contributed by atoms with Crippen LogP contribution in [0.3, 0.4) is 0 Å². The molecule has 0 aliphatic rings. The average Bonchev–Trinajstić information content (AvgIpc) is 2.94. The van der Waals surface area contributed by atoms with Gasteiger partial charge in [-0.05, 0) is 33.2 Å². The van der Waals surface area contributed by atoms with Crippen molar-refractivity contribution in [3.05, 3.63) is 23.1 Å². The molecule has 5 heteroatoms. The third kappa shape index (κ3) is 3.10. The summed E-state index contributed by atoms with van der Waals surface area (Å²) in [6.07, 6.45) is 0. The molecule has 0 bridgehead atoms. The summed E-state index contributed by atoms with van der Waals surface area (Å²) in [5.41, 5.74) is 4.11. The van der Waals surface area contributed by atoms with Crippen molar-refractivity contribution in [2.45, 2.75) is 47.7 Å². The van der Waals surface area contributed by atoms with E-state index in [-0.39, 0.29) is 0 Å². The molecule has 20 heavy (non-hydrogen) atoms. The molecule has 5 nitrogen and oxygen atoms in total. The average molecular weight is 276 g/mol. The second-order valence-electron chi connectivity index (χ2n) is 5.57. The van der Waals surface area contributed by atoms with Crippen LogP contribution in [0.1, 0.15) is 37.9 Å². The van der Waals surface area contributed by atoms with E-state index in [0.29, 0.717) is 5.92 Å². The van der Waals surface area contributed by atoms with Crippen LogP contribution in [0.4, 0.5) is 0 Å². The van der Waals surface area contributed by atoms with Crippen LogP contribution in [-0.4, -0.2) is 21.5 Å². The fourth-order valence-electron chi connectivity index (χ4n) is 2.36. The Hall–Kier alpha value is -1.62. The van der Waals surface area contributed by atoms with Gasteiger partial charge in [0.25, 0.3) is 0 Å². The Balaban J connectivity index is 2.14. The first kappa shape index (κ1) is 14.8. The summed E-state index contributed by atoms with van der Waals surface area (Å²) >= 11 is 0. The highest BCUT2D eigenvalue weighted by molar-refractivity contribution is 5.63. The van der Waals surface area contributed by atoms with Crippen LogP contribution in [0.15, 0.2) is 10.6 Å². The Labute approximate surface area is 120 Å². The van der Waals surface area contributed by atoms with Crippen LogP contribution in [0, 0.1) is 19.8 Å². The molecule has 0 radical (unpaired) electrons. The van der Waals surface area contributed by atoms with Crippen molar-refractivity contribution in [3.8, 4) is 11.3 Å². The Morgan fingerprint density at radius 2 is 2.10 bits per heavy atom. The predicted molar refractivity (Wildman–Crippen MR) is 79.4 cm³/mol. The first-order valence-electron chi connectivity index (χ1n) is 7.23. The molecule has 1 N–H and O–H groups in total. The topological polar surface area (TPSA) is 55.9 Å². The summed E-state index contributed by atoms with van der Waals surface area (Å²) in [4.78, 5) is 0. The maximum Gasteiger partial charge on any atom is 0.170 e. The van der Waals surface area contributed by atoms with Crippen molar-refractivity contribution in [3.63, 3.8) is 0 Å². The number of rotatable bonds is 6. The van der Waals surface area contributed by atoms with Crippen LogP contribution in [-0.2, 0) is 13.1 Å². The third-order valence-corrected chi connectivity index (χ3v) is 3.35. The number of nitrogens with one attached hydrogen (secondary N) is 1. The van der Waals surface area contributed by atoms with Crippen molar-refractivity contribution >= 4 is 0 Å². The second-order valence-corrected chi connectivity index (χ2v) is 5.57. The molecule has 0 amide bonds. The largest absolute Gasteiger partial charge is 0.356 e. The first-order valence-corrected chi connectivity index (χ1v) is 7.23. The zero-order valence-electron chi connectivity index (χ0n) is 13.0. The van der Waals surface area contributed by atoms with Gasteiger partial charge >= 0.3 is 0 Å². The number of aromatic nitrogens is 3. The van der Waals surface area contributed by atoms with Crippen LogP contribution in [0.2, 0.25) is 0 Å². The number of aryl methyl sites for hydroxylation is 2. The normalized spacial score (nSPS) is 11.5. The Kier molecular flexibility index (Phi) is 4.60. The van der Waals surface area contributed by atoms with Gasteiger partial charge in [0.1, 0.15) is 0 Å². The molecule has 0 aromatic carbocycles. The number of hydrogen-bond donors (Lipinski definition) is 1. The van der Waals surface area contributed by atoms with Crippen LogP contribution >= 0.6 is 0 Å². The fraction of sp³-hybridized carbons (Fsp3) is 0.600. The number of nitrogens with zero attached hydrogens (tertiary/aromatic N) is 3. The quantitative estimate of drug-likeness (QED) is 0.881. The Bertz CT molecular complexity index is 568. The lowest BCUT2D eigenvalue weighted by Crippen LogP contribution is -2.18. The van der Waals surface area contributed by atoms with E-state index < -0.39 is 0 Å². The van der Waals surface area contributed by atoms with E-state index in [1.54, 1.807) is 0 Å². The minimum Gasteiger partial charge on any atom is -0.356 e. The van der Waals surface area contributed by atoms with Gasteiger partial charge in [0.2, 0.25) is 0 Å². The van der Waals surface area contributed by atoms with Gasteiger partial charge < -0.3 is 9.84 Å². The van der Waals surface area contributed by atoms with E-state index in [4.69, 9.17) is 4.52 Å². The minimum atomic E-state index is 0.633. The van der Waals surface area contributed by atoms with Gasteiger partial charge in [-0.15, -0.1) is 0 Å². The monoisotopic (exact) mass is 276 g/mol. The molecule has 0 saturated carbocycles. The maximum atomic E-state index is 5.48. The lowest BCUT2D eigenvalue weighted by Gasteiger charge is -2.04. The fourth-order valence-corrected chi connectivity index (χ4v) is 2.36. The molecule has 0 spiro atoms. The van der Waals surface area contributed by atoms with E-state index in [1.807, 2.05) is 17.7 Å². The van der Waals surface area contributed by atoms with Crippen molar-refractivity contribution in [2.24, 2.45) is 5.92 Å². The third-order valence-electron chi connectivity index (χ3n) is 3.35. The molecule has 2 aromatic rings. The molecule has 0 aliphatic heterocycles. The van der Waals surface area contributed by atoms with Crippen LogP contribution in [0.5, 0.6) is 0 Å². The molecule has 0 aliphatic carbocycles. The standard InChI is InChI=1S/C15H24N4O/c1-6-19-12(5)15(11(4)17-19)14-7-13(18-20-14)9-16-8-10(2)3/h7,10,16H,6,8-9H2,1-5H3. The highest BCUT2D eigenvalue weighted by atomic mass is 16.5. The van der Waals surface area contributed by atoms with Crippen molar-refractivity contribution < 1.29 is 4.52 Å². The molecule has 110 valence electrons. The highest BCUT2D eigenvalue weighted by Crippen LogP contribution is 2.27. The molecular weight excluding hydrogens is 252 g/mol. The van der Waals surface area contributed by atoms with E-state index in [0.717, 1.165) is 48.0 Å².